The number of ether oxygens (including phenoxy) is 1. The molecule has 2 aromatic carbocycles. The molecule has 1 amide bonds. The van der Waals surface area contributed by atoms with Gasteiger partial charge in [0.2, 0.25) is 5.91 Å². The van der Waals surface area contributed by atoms with E-state index in [-0.39, 0.29) is 17.2 Å². The number of carbonyl (C=O) groups is 1. The number of fused-ring (bicyclic) bond motifs is 6. The SMILES string of the molecule is COc1ccccc1NC(=O)C12CCC(c3nc4ccccc4nc31)C2(C)C. The van der Waals surface area contributed by atoms with Crippen molar-refractivity contribution in [2.45, 2.75) is 38.0 Å². The van der Waals surface area contributed by atoms with Crippen LogP contribution < -0.4 is 10.1 Å². The van der Waals surface area contributed by atoms with Crippen molar-refractivity contribution in [3.63, 3.8) is 0 Å². The molecule has 1 fully saturated rings. The van der Waals surface area contributed by atoms with Gasteiger partial charge in [-0.1, -0.05) is 38.1 Å². The van der Waals surface area contributed by atoms with Crippen molar-refractivity contribution in [1.82, 2.24) is 9.97 Å². The lowest BCUT2D eigenvalue weighted by atomic mass is 9.67. The highest BCUT2D eigenvalue weighted by molar-refractivity contribution is 6.02. The number of methoxy groups -OCH3 is 1. The molecule has 2 unspecified atom stereocenters. The van der Waals surface area contributed by atoms with Gasteiger partial charge in [0.25, 0.3) is 0 Å². The number of benzene rings is 2. The van der Waals surface area contributed by atoms with Crippen LogP contribution in [0.1, 0.15) is 44.0 Å². The Labute approximate surface area is 164 Å². The van der Waals surface area contributed by atoms with Crippen LogP contribution in [-0.4, -0.2) is 23.0 Å². The molecule has 1 saturated carbocycles. The van der Waals surface area contributed by atoms with Crippen LogP contribution in [0.5, 0.6) is 5.75 Å². The first-order valence-electron chi connectivity index (χ1n) is 9.70. The van der Waals surface area contributed by atoms with E-state index in [9.17, 15) is 4.79 Å². The number of carbonyl (C=O) groups excluding carboxylic acids is 1. The number of para-hydroxylation sites is 4. The molecule has 5 rings (SSSR count). The van der Waals surface area contributed by atoms with Crippen LogP contribution in [-0.2, 0) is 10.2 Å². The third-order valence-electron chi connectivity index (χ3n) is 6.85. The molecule has 2 aliphatic rings. The highest BCUT2D eigenvalue weighted by atomic mass is 16.5. The third kappa shape index (κ3) is 2.04. The summed E-state index contributed by atoms with van der Waals surface area (Å²) in [6.45, 7) is 4.36. The number of anilines is 1. The maximum atomic E-state index is 13.7. The van der Waals surface area contributed by atoms with E-state index in [0.717, 1.165) is 35.3 Å². The van der Waals surface area contributed by atoms with Gasteiger partial charge < -0.3 is 10.1 Å². The lowest BCUT2D eigenvalue weighted by Crippen LogP contribution is -2.46. The normalized spacial score (nSPS) is 24.2. The van der Waals surface area contributed by atoms with Crippen molar-refractivity contribution in [3.05, 3.63) is 59.9 Å². The predicted molar refractivity (Wildman–Crippen MR) is 109 cm³/mol. The Hall–Kier alpha value is -2.95. The van der Waals surface area contributed by atoms with Crippen LogP contribution >= 0.6 is 0 Å². The van der Waals surface area contributed by atoms with E-state index in [1.165, 1.54) is 0 Å². The van der Waals surface area contributed by atoms with Gasteiger partial charge in [0.05, 0.1) is 40.6 Å². The van der Waals surface area contributed by atoms with Crippen LogP contribution in [0.2, 0.25) is 0 Å². The first-order chi connectivity index (χ1) is 13.5. The third-order valence-corrected chi connectivity index (χ3v) is 6.85. The smallest absolute Gasteiger partial charge is 0.237 e. The summed E-state index contributed by atoms with van der Waals surface area (Å²) in [4.78, 5) is 23.6. The number of nitrogens with zero attached hydrogens (tertiary/aromatic N) is 2. The Bertz CT molecular complexity index is 1110. The van der Waals surface area contributed by atoms with Gasteiger partial charge in [0, 0.05) is 5.92 Å². The summed E-state index contributed by atoms with van der Waals surface area (Å²) in [6.07, 6.45) is 1.73. The fourth-order valence-corrected chi connectivity index (χ4v) is 5.30. The first-order valence-corrected chi connectivity index (χ1v) is 9.70. The summed E-state index contributed by atoms with van der Waals surface area (Å²) in [7, 11) is 1.61. The molecule has 2 bridgehead atoms. The molecule has 0 saturated heterocycles. The highest BCUT2D eigenvalue weighted by Crippen LogP contribution is 2.67. The fourth-order valence-electron chi connectivity index (χ4n) is 5.30. The zero-order chi connectivity index (χ0) is 19.5. The van der Waals surface area contributed by atoms with Gasteiger partial charge in [-0.05, 0) is 42.5 Å². The Morgan fingerprint density at radius 1 is 1.07 bits per heavy atom. The van der Waals surface area contributed by atoms with Crippen LogP contribution in [0.4, 0.5) is 5.69 Å². The molecule has 5 heteroatoms. The second-order valence-electron chi connectivity index (χ2n) is 8.32. The molecule has 142 valence electrons. The van der Waals surface area contributed by atoms with Gasteiger partial charge in [-0.25, -0.2) is 9.97 Å². The first kappa shape index (κ1) is 17.2. The summed E-state index contributed by atoms with van der Waals surface area (Å²) < 4.78 is 5.42. The van der Waals surface area contributed by atoms with Crippen molar-refractivity contribution < 1.29 is 9.53 Å². The topological polar surface area (TPSA) is 64.1 Å². The molecule has 2 atom stereocenters. The highest BCUT2D eigenvalue weighted by Gasteiger charge is 2.67. The summed E-state index contributed by atoms with van der Waals surface area (Å²) in [6, 6.07) is 15.4. The van der Waals surface area contributed by atoms with Crippen molar-refractivity contribution in [3.8, 4) is 5.75 Å². The number of hydrogen-bond acceptors (Lipinski definition) is 4. The quantitative estimate of drug-likeness (QED) is 0.737. The van der Waals surface area contributed by atoms with Gasteiger partial charge in [-0.2, -0.15) is 0 Å². The van der Waals surface area contributed by atoms with Gasteiger partial charge in [0.15, 0.2) is 0 Å². The zero-order valence-electron chi connectivity index (χ0n) is 16.3. The number of amides is 1. The van der Waals surface area contributed by atoms with E-state index in [0.29, 0.717) is 11.4 Å². The second-order valence-corrected chi connectivity index (χ2v) is 8.32. The summed E-state index contributed by atoms with van der Waals surface area (Å²) in [5, 5.41) is 3.13. The maximum absolute atomic E-state index is 13.7. The minimum atomic E-state index is -0.690. The van der Waals surface area contributed by atoms with E-state index >= 15 is 0 Å². The predicted octanol–water partition coefficient (Wildman–Crippen LogP) is 4.43. The minimum Gasteiger partial charge on any atom is -0.495 e. The molecule has 1 N–H and O–H groups in total. The lowest BCUT2D eigenvalue weighted by Gasteiger charge is -2.36. The van der Waals surface area contributed by atoms with E-state index < -0.39 is 5.41 Å². The maximum Gasteiger partial charge on any atom is 0.237 e. The van der Waals surface area contributed by atoms with Crippen molar-refractivity contribution in [2.75, 3.05) is 12.4 Å². The summed E-state index contributed by atoms with van der Waals surface area (Å²) >= 11 is 0. The van der Waals surface area contributed by atoms with Crippen LogP contribution in [0, 0.1) is 5.41 Å². The van der Waals surface area contributed by atoms with Crippen molar-refractivity contribution in [1.29, 1.82) is 0 Å². The molecule has 5 nitrogen and oxygen atoms in total. The Morgan fingerprint density at radius 3 is 2.50 bits per heavy atom. The molecular weight excluding hydrogens is 350 g/mol. The van der Waals surface area contributed by atoms with Gasteiger partial charge in [-0.15, -0.1) is 0 Å². The fraction of sp³-hybridized carbons (Fsp3) is 0.348. The molecule has 1 heterocycles. The number of rotatable bonds is 3. The zero-order valence-corrected chi connectivity index (χ0v) is 16.3. The lowest BCUT2D eigenvalue weighted by molar-refractivity contribution is -0.124. The number of aromatic nitrogens is 2. The monoisotopic (exact) mass is 373 g/mol. The molecule has 1 aromatic heterocycles. The van der Waals surface area contributed by atoms with Crippen LogP contribution in [0.15, 0.2) is 48.5 Å². The van der Waals surface area contributed by atoms with Crippen molar-refractivity contribution >= 4 is 22.6 Å². The second kappa shape index (κ2) is 5.77. The Balaban J connectivity index is 1.66. The summed E-state index contributed by atoms with van der Waals surface area (Å²) in [5.41, 5.74) is 3.32. The van der Waals surface area contributed by atoms with E-state index in [1.807, 2.05) is 48.5 Å². The van der Waals surface area contributed by atoms with E-state index in [1.54, 1.807) is 7.11 Å². The van der Waals surface area contributed by atoms with Crippen molar-refractivity contribution in [2.24, 2.45) is 5.41 Å². The van der Waals surface area contributed by atoms with Gasteiger partial charge in [0.1, 0.15) is 5.75 Å². The van der Waals surface area contributed by atoms with Gasteiger partial charge in [-0.3, -0.25) is 4.79 Å². The average molecular weight is 373 g/mol. The van der Waals surface area contributed by atoms with Crippen LogP contribution in [0.25, 0.3) is 11.0 Å². The van der Waals surface area contributed by atoms with E-state index in [4.69, 9.17) is 14.7 Å². The standard InChI is InChI=1S/C23H23N3O2/c1-22(2)14-12-13-23(22,21(27)26-17-10-6-7-11-18(17)28-3)20-19(14)24-15-8-4-5-9-16(15)25-20/h4-11,14H,12-13H2,1-3H3,(H,26,27). The molecule has 28 heavy (non-hydrogen) atoms. The molecular formula is C23H23N3O2. The number of nitrogens with one attached hydrogen (secondary N) is 1. The van der Waals surface area contributed by atoms with E-state index in [2.05, 4.69) is 19.2 Å². The van der Waals surface area contributed by atoms with Crippen LogP contribution in [0.3, 0.4) is 0 Å². The molecule has 0 radical (unpaired) electrons. The molecule has 3 aromatic rings. The number of hydrogen-bond donors (Lipinski definition) is 1. The Kier molecular flexibility index (Phi) is 3.54. The molecule has 0 spiro atoms. The largest absolute Gasteiger partial charge is 0.495 e. The average Bonchev–Trinajstić information content (AvgIpc) is 3.08. The Morgan fingerprint density at radius 2 is 1.75 bits per heavy atom. The molecule has 0 aliphatic heterocycles. The minimum absolute atomic E-state index is 0.0205. The molecule has 2 aliphatic carbocycles. The summed E-state index contributed by atoms with van der Waals surface area (Å²) in [5.74, 6) is 0.873. The van der Waals surface area contributed by atoms with Gasteiger partial charge >= 0.3 is 0 Å².